The minimum absolute atomic E-state index is 0.536. The van der Waals surface area contributed by atoms with E-state index < -0.39 is 0 Å². The fraction of sp³-hybridized carbons (Fsp3) is 0.417. The number of rotatable bonds is 2. The molecule has 2 aromatic rings. The molecule has 15 heavy (non-hydrogen) atoms. The van der Waals surface area contributed by atoms with E-state index in [1.165, 1.54) is 12.8 Å². The highest BCUT2D eigenvalue weighted by atomic mass is 35.5. The third kappa shape index (κ3) is 1.53. The van der Waals surface area contributed by atoms with Gasteiger partial charge >= 0.3 is 0 Å². The van der Waals surface area contributed by atoms with Gasteiger partial charge in [-0.25, -0.2) is 4.98 Å². The summed E-state index contributed by atoms with van der Waals surface area (Å²) in [5.41, 5.74) is 1.95. The van der Waals surface area contributed by atoms with Crippen LogP contribution >= 0.6 is 11.6 Å². The van der Waals surface area contributed by atoms with E-state index in [-0.39, 0.29) is 0 Å². The molecule has 1 fully saturated rings. The molecule has 1 saturated carbocycles. The monoisotopic (exact) mass is 220 g/mol. The van der Waals surface area contributed by atoms with E-state index in [1.807, 2.05) is 18.2 Å². The maximum absolute atomic E-state index is 6.09. The minimum atomic E-state index is 0.536. The summed E-state index contributed by atoms with van der Waals surface area (Å²) < 4.78 is 0. The quantitative estimate of drug-likeness (QED) is 0.821. The van der Waals surface area contributed by atoms with Gasteiger partial charge in [-0.3, -0.25) is 0 Å². The molecule has 0 radical (unpaired) electrons. The summed E-state index contributed by atoms with van der Waals surface area (Å²) in [6.07, 6.45) is 2.68. The molecule has 1 aromatic carbocycles. The Morgan fingerprint density at radius 3 is 2.93 bits per heavy atom. The first-order chi connectivity index (χ1) is 7.25. The van der Waals surface area contributed by atoms with Crippen LogP contribution in [0.3, 0.4) is 0 Å². The molecule has 1 atom stereocenters. The molecule has 1 aliphatic rings. The number of benzene rings is 1. The highest BCUT2D eigenvalue weighted by molar-refractivity contribution is 6.34. The van der Waals surface area contributed by atoms with Gasteiger partial charge in [0.2, 0.25) is 0 Å². The van der Waals surface area contributed by atoms with Crippen LogP contribution in [0, 0.1) is 5.92 Å². The largest absolute Gasteiger partial charge is 0.342 e. The normalized spacial score (nSPS) is 18.3. The van der Waals surface area contributed by atoms with E-state index in [1.54, 1.807) is 0 Å². The second-order valence-electron chi connectivity index (χ2n) is 4.38. The zero-order valence-electron chi connectivity index (χ0n) is 8.63. The highest BCUT2D eigenvalue weighted by Gasteiger charge is 2.30. The van der Waals surface area contributed by atoms with Crippen molar-refractivity contribution in [3.05, 3.63) is 29.0 Å². The molecular weight excluding hydrogens is 208 g/mol. The van der Waals surface area contributed by atoms with Crippen molar-refractivity contribution in [1.82, 2.24) is 9.97 Å². The number of fused-ring (bicyclic) bond motifs is 1. The molecule has 78 valence electrons. The van der Waals surface area contributed by atoms with Crippen molar-refractivity contribution >= 4 is 22.6 Å². The summed E-state index contributed by atoms with van der Waals surface area (Å²) >= 11 is 6.09. The Morgan fingerprint density at radius 2 is 2.27 bits per heavy atom. The molecule has 0 amide bonds. The van der Waals surface area contributed by atoms with Crippen LogP contribution in [0.25, 0.3) is 11.0 Å². The number of hydrogen-bond acceptors (Lipinski definition) is 1. The zero-order valence-corrected chi connectivity index (χ0v) is 9.38. The third-order valence-electron chi connectivity index (χ3n) is 3.24. The van der Waals surface area contributed by atoms with Crippen molar-refractivity contribution in [2.24, 2.45) is 5.92 Å². The standard InChI is InChI=1S/C12H13ClN2/c1-7(8-5-6-8)12-14-10-4-2-3-9(13)11(10)15-12/h2-4,7-8H,5-6H2,1H3,(H,14,15). The molecule has 1 aliphatic carbocycles. The van der Waals surface area contributed by atoms with Gasteiger partial charge in [-0.15, -0.1) is 0 Å². The van der Waals surface area contributed by atoms with Gasteiger partial charge in [0.05, 0.1) is 10.5 Å². The summed E-state index contributed by atoms with van der Waals surface area (Å²) in [5, 5.41) is 0.734. The van der Waals surface area contributed by atoms with Crippen LogP contribution in [0.4, 0.5) is 0 Å². The Kier molecular flexibility index (Phi) is 1.99. The number of aromatic nitrogens is 2. The lowest BCUT2D eigenvalue weighted by atomic mass is 10.1. The topological polar surface area (TPSA) is 28.7 Å². The molecule has 3 heteroatoms. The number of imidazole rings is 1. The van der Waals surface area contributed by atoms with Gasteiger partial charge in [0, 0.05) is 5.92 Å². The van der Waals surface area contributed by atoms with Gasteiger partial charge in [-0.05, 0) is 30.9 Å². The van der Waals surface area contributed by atoms with E-state index >= 15 is 0 Å². The lowest BCUT2D eigenvalue weighted by Gasteiger charge is -2.04. The van der Waals surface area contributed by atoms with Crippen molar-refractivity contribution in [3.63, 3.8) is 0 Å². The van der Waals surface area contributed by atoms with Crippen LogP contribution in [0.2, 0.25) is 5.02 Å². The summed E-state index contributed by atoms with van der Waals surface area (Å²) in [6.45, 7) is 2.24. The molecule has 0 bridgehead atoms. The molecule has 0 saturated heterocycles. The maximum Gasteiger partial charge on any atom is 0.110 e. The fourth-order valence-corrected chi connectivity index (χ4v) is 2.27. The number of hydrogen-bond donors (Lipinski definition) is 1. The molecule has 0 spiro atoms. The summed E-state index contributed by atoms with van der Waals surface area (Å²) in [7, 11) is 0. The smallest absolute Gasteiger partial charge is 0.110 e. The highest BCUT2D eigenvalue weighted by Crippen LogP contribution is 2.41. The van der Waals surface area contributed by atoms with E-state index in [0.29, 0.717) is 5.92 Å². The van der Waals surface area contributed by atoms with Crippen LogP contribution in [-0.4, -0.2) is 9.97 Å². The molecule has 3 rings (SSSR count). The summed E-state index contributed by atoms with van der Waals surface area (Å²) in [4.78, 5) is 7.95. The van der Waals surface area contributed by atoms with Crippen molar-refractivity contribution in [1.29, 1.82) is 0 Å². The molecule has 2 nitrogen and oxygen atoms in total. The van der Waals surface area contributed by atoms with E-state index in [0.717, 1.165) is 27.8 Å². The molecular formula is C12H13ClN2. The number of nitrogens with zero attached hydrogens (tertiary/aromatic N) is 1. The van der Waals surface area contributed by atoms with Crippen LogP contribution in [0.1, 0.15) is 31.5 Å². The number of halogens is 1. The molecule has 1 N–H and O–H groups in total. The lowest BCUT2D eigenvalue weighted by molar-refractivity contribution is 0.630. The SMILES string of the molecule is CC(c1nc2c(Cl)cccc2[nH]1)C1CC1. The predicted octanol–water partition coefficient (Wildman–Crippen LogP) is 3.73. The van der Waals surface area contributed by atoms with Crippen molar-refractivity contribution in [2.75, 3.05) is 0 Å². The van der Waals surface area contributed by atoms with Gasteiger partial charge in [0.1, 0.15) is 11.3 Å². The first-order valence-electron chi connectivity index (χ1n) is 5.40. The van der Waals surface area contributed by atoms with Crippen LogP contribution in [0.15, 0.2) is 18.2 Å². The van der Waals surface area contributed by atoms with Crippen molar-refractivity contribution in [2.45, 2.75) is 25.7 Å². The van der Waals surface area contributed by atoms with E-state index in [4.69, 9.17) is 11.6 Å². The Balaban J connectivity index is 2.09. The second kappa shape index (κ2) is 3.24. The van der Waals surface area contributed by atoms with Gasteiger partial charge in [-0.1, -0.05) is 24.6 Å². The Bertz CT molecular complexity index is 499. The first kappa shape index (κ1) is 9.22. The summed E-state index contributed by atoms with van der Waals surface area (Å²) in [5.74, 6) is 2.44. The fourth-order valence-electron chi connectivity index (χ4n) is 2.05. The van der Waals surface area contributed by atoms with Crippen LogP contribution < -0.4 is 0 Å². The van der Waals surface area contributed by atoms with Crippen LogP contribution in [-0.2, 0) is 0 Å². The second-order valence-corrected chi connectivity index (χ2v) is 4.79. The first-order valence-corrected chi connectivity index (χ1v) is 5.77. The lowest BCUT2D eigenvalue weighted by Crippen LogP contribution is -1.97. The number of nitrogens with one attached hydrogen (secondary N) is 1. The molecule has 1 unspecified atom stereocenters. The maximum atomic E-state index is 6.09. The molecule has 0 aliphatic heterocycles. The summed E-state index contributed by atoms with van der Waals surface area (Å²) in [6, 6.07) is 5.86. The Hall–Kier alpha value is -1.02. The van der Waals surface area contributed by atoms with E-state index in [9.17, 15) is 0 Å². The molecule has 1 heterocycles. The van der Waals surface area contributed by atoms with Crippen LogP contribution in [0.5, 0.6) is 0 Å². The zero-order chi connectivity index (χ0) is 10.4. The van der Waals surface area contributed by atoms with Gasteiger partial charge < -0.3 is 4.98 Å². The molecule has 1 aromatic heterocycles. The number of H-pyrrole nitrogens is 1. The van der Waals surface area contributed by atoms with Gasteiger partial charge in [0.15, 0.2) is 0 Å². The average molecular weight is 221 g/mol. The minimum Gasteiger partial charge on any atom is -0.342 e. The van der Waals surface area contributed by atoms with Crippen molar-refractivity contribution in [3.8, 4) is 0 Å². The third-order valence-corrected chi connectivity index (χ3v) is 3.55. The van der Waals surface area contributed by atoms with Gasteiger partial charge in [0.25, 0.3) is 0 Å². The number of para-hydroxylation sites is 1. The average Bonchev–Trinajstić information content (AvgIpc) is 2.97. The van der Waals surface area contributed by atoms with E-state index in [2.05, 4.69) is 16.9 Å². The van der Waals surface area contributed by atoms with Crippen molar-refractivity contribution < 1.29 is 0 Å². The Labute approximate surface area is 93.7 Å². The van der Waals surface area contributed by atoms with Gasteiger partial charge in [-0.2, -0.15) is 0 Å². The predicted molar refractivity (Wildman–Crippen MR) is 62.2 cm³/mol. The Morgan fingerprint density at radius 1 is 1.47 bits per heavy atom. The number of aromatic amines is 1.